The van der Waals surface area contributed by atoms with Gasteiger partial charge in [0.1, 0.15) is 6.61 Å². The lowest BCUT2D eigenvalue weighted by Crippen LogP contribution is -2.43. The quantitative estimate of drug-likeness (QED) is 0.664. The molecule has 0 aliphatic heterocycles. The van der Waals surface area contributed by atoms with Gasteiger partial charge in [-0.1, -0.05) is 32.4 Å². The molecule has 0 aliphatic carbocycles. The molecule has 3 N–H and O–H groups in total. The molecular weight excluding hydrogens is 248 g/mol. The number of carboxylic acid groups (broad SMARTS) is 1. The summed E-state index contributed by atoms with van der Waals surface area (Å²) in [5, 5.41) is 9.18. The monoisotopic (exact) mass is 272 g/mol. The topological polar surface area (TPSA) is 92.9 Å². The maximum Gasteiger partial charge on any atom is 0.407 e. The van der Waals surface area contributed by atoms with Crippen LogP contribution in [0.15, 0.2) is 12.2 Å². The number of carbonyl (C=O) groups is 2. The van der Waals surface area contributed by atoms with Gasteiger partial charge in [-0.2, -0.15) is 0 Å². The third kappa shape index (κ3) is 7.33. The summed E-state index contributed by atoms with van der Waals surface area (Å²) in [5.41, 5.74) is 5.28. The van der Waals surface area contributed by atoms with Gasteiger partial charge in [0.2, 0.25) is 0 Å². The predicted octanol–water partition coefficient (Wildman–Crippen LogP) is 2.44. The lowest BCUT2D eigenvalue weighted by Gasteiger charge is -2.33. The fourth-order valence-corrected chi connectivity index (χ4v) is 2.02. The predicted molar refractivity (Wildman–Crippen MR) is 73.0 cm³/mol. The Hall–Kier alpha value is -1.72. The minimum absolute atomic E-state index is 0.107. The van der Waals surface area contributed by atoms with Crippen LogP contribution in [-0.4, -0.2) is 41.9 Å². The van der Waals surface area contributed by atoms with Crippen LogP contribution in [0.5, 0.6) is 0 Å². The van der Waals surface area contributed by atoms with Gasteiger partial charge in [0.15, 0.2) is 0 Å². The van der Waals surface area contributed by atoms with Crippen LogP contribution in [0.1, 0.15) is 33.6 Å². The number of hydrogen-bond acceptors (Lipinski definition) is 3. The second-order valence-corrected chi connectivity index (χ2v) is 5.26. The molecule has 1 unspecified atom stereocenters. The van der Waals surface area contributed by atoms with Gasteiger partial charge in [0.05, 0.1) is 0 Å². The van der Waals surface area contributed by atoms with Crippen molar-refractivity contribution in [1.82, 2.24) is 4.90 Å². The molecule has 0 spiro atoms. The molecule has 0 saturated heterocycles. The molecule has 19 heavy (non-hydrogen) atoms. The Morgan fingerprint density at radius 1 is 1.47 bits per heavy atom. The summed E-state index contributed by atoms with van der Waals surface area (Å²) in [6.07, 6.45) is -0.257. The Morgan fingerprint density at radius 2 is 2.05 bits per heavy atom. The first-order chi connectivity index (χ1) is 8.70. The first-order valence-corrected chi connectivity index (χ1v) is 6.24. The molecule has 0 aromatic rings. The largest absolute Gasteiger partial charge is 0.465 e. The van der Waals surface area contributed by atoms with Crippen LogP contribution >= 0.6 is 0 Å². The highest BCUT2D eigenvalue weighted by Crippen LogP contribution is 2.25. The third-order valence-electron chi connectivity index (χ3n) is 2.72. The highest BCUT2D eigenvalue weighted by molar-refractivity contribution is 5.65. The summed E-state index contributed by atoms with van der Waals surface area (Å²) >= 11 is 0. The standard InChI is InChI=1S/C13H24N2O4/c1-5-6-13(4,9-19-11(14)16)8-15(12(17)18)7-10(2)3/h2,5-9H2,1,3-4H3,(H2,14,16)(H,17,18). The Balaban J connectivity index is 4.79. The van der Waals surface area contributed by atoms with Crippen molar-refractivity contribution in [2.45, 2.75) is 33.6 Å². The average molecular weight is 272 g/mol. The molecule has 6 heteroatoms. The lowest BCUT2D eigenvalue weighted by molar-refractivity contribution is 0.0619. The van der Waals surface area contributed by atoms with Gasteiger partial charge in [-0.25, -0.2) is 9.59 Å². The average Bonchev–Trinajstić information content (AvgIpc) is 2.25. The van der Waals surface area contributed by atoms with Gasteiger partial charge in [-0.3, -0.25) is 0 Å². The molecule has 0 saturated carbocycles. The van der Waals surface area contributed by atoms with E-state index in [4.69, 9.17) is 10.5 Å². The lowest BCUT2D eigenvalue weighted by atomic mass is 9.86. The van der Waals surface area contributed by atoms with E-state index in [1.165, 1.54) is 4.90 Å². The van der Waals surface area contributed by atoms with Crippen molar-refractivity contribution in [3.05, 3.63) is 12.2 Å². The maximum atomic E-state index is 11.2. The SMILES string of the molecule is C=C(C)CN(CC(C)(CCC)COC(N)=O)C(=O)O. The van der Waals surface area contributed by atoms with Crippen molar-refractivity contribution in [1.29, 1.82) is 0 Å². The first kappa shape index (κ1) is 17.3. The van der Waals surface area contributed by atoms with Crippen molar-refractivity contribution < 1.29 is 19.4 Å². The number of nitrogens with two attached hydrogens (primary N) is 1. The minimum atomic E-state index is -1.01. The number of carbonyl (C=O) groups excluding carboxylic acids is 1. The number of primary amides is 1. The molecule has 6 nitrogen and oxygen atoms in total. The Morgan fingerprint density at radius 3 is 2.42 bits per heavy atom. The molecule has 110 valence electrons. The number of amides is 2. The van der Waals surface area contributed by atoms with Gasteiger partial charge in [0, 0.05) is 18.5 Å². The van der Waals surface area contributed by atoms with Crippen molar-refractivity contribution in [2.24, 2.45) is 11.1 Å². The fourth-order valence-electron chi connectivity index (χ4n) is 2.02. The van der Waals surface area contributed by atoms with Crippen molar-refractivity contribution in [3.8, 4) is 0 Å². The highest BCUT2D eigenvalue weighted by Gasteiger charge is 2.30. The van der Waals surface area contributed by atoms with Gasteiger partial charge >= 0.3 is 12.2 Å². The van der Waals surface area contributed by atoms with Gasteiger partial charge < -0.3 is 20.5 Å². The van der Waals surface area contributed by atoms with Crippen LogP contribution in [0.3, 0.4) is 0 Å². The van der Waals surface area contributed by atoms with Crippen molar-refractivity contribution in [3.63, 3.8) is 0 Å². The number of nitrogens with zero attached hydrogens (tertiary/aromatic N) is 1. The van der Waals surface area contributed by atoms with E-state index >= 15 is 0 Å². The molecule has 0 heterocycles. The van der Waals surface area contributed by atoms with Gasteiger partial charge in [-0.05, 0) is 13.3 Å². The first-order valence-electron chi connectivity index (χ1n) is 6.24. The van der Waals surface area contributed by atoms with Crippen LogP contribution in [0, 0.1) is 5.41 Å². The molecule has 0 fully saturated rings. The van der Waals surface area contributed by atoms with E-state index in [0.29, 0.717) is 0 Å². The number of ether oxygens (including phenoxy) is 1. The van der Waals surface area contributed by atoms with E-state index in [9.17, 15) is 14.7 Å². The molecule has 2 amide bonds. The van der Waals surface area contributed by atoms with Crippen LogP contribution < -0.4 is 5.73 Å². The summed E-state index contributed by atoms with van der Waals surface area (Å²) in [6.45, 7) is 10.0. The number of rotatable bonds is 8. The van der Waals surface area contributed by atoms with Crippen LogP contribution in [0.25, 0.3) is 0 Å². The van der Waals surface area contributed by atoms with Crippen LogP contribution in [0.2, 0.25) is 0 Å². The molecule has 0 aliphatic rings. The molecule has 1 atom stereocenters. The number of hydrogen-bond donors (Lipinski definition) is 2. The van der Waals surface area contributed by atoms with Crippen LogP contribution in [0.4, 0.5) is 9.59 Å². The second kappa shape index (κ2) is 7.66. The zero-order valence-electron chi connectivity index (χ0n) is 11.9. The van der Waals surface area contributed by atoms with E-state index in [2.05, 4.69) is 6.58 Å². The summed E-state index contributed by atoms with van der Waals surface area (Å²) < 4.78 is 4.84. The zero-order valence-corrected chi connectivity index (χ0v) is 11.9. The highest BCUT2D eigenvalue weighted by atomic mass is 16.5. The van der Waals surface area contributed by atoms with Crippen LogP contribution in [-0.2, 0) is 4.74 Å². The van der Waals surface area contributed by atoms with Gasteiger partial charge in [0.25, 0.3) is 0 Å². The minimum Gasteiger partial charge on any atom is -0.465 e. The summed E-state index contributed by atoms with van der Waals surface area (Å²) in [6, 6.07) is 0. The Kier molecular flexibility index (Phi) is 6.96. The summed E-state index contributed by atoms with van der Waals surface area (Å²) in [4.78, 5) is 23.2. The molecule has 0 radical (unpaired) electrons. The summed E-state index contributed by atoms with van der Waals surface area (Å²) in [5.74, 6) is 0. The van der Waals surface area contributed by atoms with E-state index < -0.39 is 17.6 Å². The second-order valence-electron chi connectivity index (χ2n) is 5.26. The van der Waals surface area contributed by atoms with Gasteiger partial charge in [-0.15, -0.1) is 0 Å². The summed E-state index contributed by atoms with van der Waals surface area (Å²) in [7, 11) is 0. The Labute approximate surface area is 114 Å². The van der Waals surface area contributed by atoms with E-state index in [-0.39, 0.29) is 19.7 Å². The smallest absolute Gasteiger partial charge is 0.407 e. The van der Waals surface area contributed by atoms with E-state index in [1.54, 1.807) is 6.92 Å². The molecule has 0 aromatic carbocycles. The third-order valence-corrected chi connectivity index (χ3v) is 2.72. The van der Waals surface area contributed by atoms with E-state index in [1.807, 2.05) is 13.8 Å². The molecule has 0 bridgehead atoms. The molecular formula is C13H24N2O4. The van der Waals surface area contributed by atoms with Crippen molar-refractivity contribution >= 4 is 12.2 Å². The Bertz CT molecular complexity index is 344. The fraction of sp³-hybridized carbons (Fsp3) is 0.692. The maximum absolute atomic E-state index is 11.2. The molecule has 0 aromatic heterocycles. The van der Waals surface area contributed by atoms with Crippen molar-refractivity contribution in [2.75, 3.05) is 19.7 Å². The zero-order chi connectivity index (χ0) is 15.1. The molecule has 0 rings (SSSR count). The van der Waals surface area contributed by atoms with E-state index in [0.717, 1.165) is 18.4 Å². The normalized spacial score (nSPS) is 13.4.